The van der Waals surface area contributed by atoms with Crippen LogP contribution in [0.25, 0.3) is 0 Å². The number of rotatable bonds is 2. The zero-order valence-corrected chi connectivity index (χ0v) is 12.2. The molecule has 0 bridgehead atoms. The highest BCUT2D eigenvalue weighted by Crippen LogP contribution is 2.46. The molecule has 1 saturated carbocycles. The number of hydrogen-bond donors (Lipinski definition) is 0. The molecule has 1 aliphatic carbocycles. The minimum absolute atomic E-state index is 0.122. The Kier molecular flexibility index (Phi) is 3.78. The summed E-state index contributed by atoms with van der Waals surface area (Å²) in [4.78, 5) is 14.4. The van der Waals surface area contributed by atoms with E-state index in [-0.39, 0.29) is 17.1 Å². The van der Waals surface area contributed by atoms with Crippen molar-refractivity contribution in [2.45, 2.75) is 44.9 Å². The van der Waals surface area contributed by atoms with Gasteiger partial charge in [0.25, 0.3) is 0 Å². The van der Waals surface area contributed by atoms with E-state index in [4.69, 9.17) is 0 Å². The first kappa shape index (κ1) is 15.2. The van der Waals surface area contributed by atoms with Gasteiger partial charge in [0, 0.05) is 12.2 Å². The molecule has 0 aromatic heterocycles. The third-order valence-electron chi connectivity index (χ3n) is 4.71. The first-order valence-electron chi connectivity index (χ1n) is 7.57. The van der Waals surface area contributed by atoms with Crippen LogP contribution in [0.3, 0.4) is 0 Å². The molecule has 1 heterocycles. The average Bonchev–Trinajstić information content (AvgIpc) is 2.77. The van der Waals surface area contributed by atoms with Gasteiger partial charge in [0.05, 0.1) is 5.41 Å². The summed E-state index contributed by atoms with van der Waals surface area (Å²) in [5.74, 6) is -0.146. The van der Waals surface area contributed by atoms with Gasteiger partial charge in [-0.2, -0.15) is 0 Å². The lowest BCUT2D eigenvalue weighted by Gasteiger charge is -2.31. The van der Waals surface area contributed by atoms with Crippen LogP contribution in [0.4, 0.5) is 18.9 Å². The van der Waals surface area contributed by atoms with Gasteiger partial charge in [0.1, 0.15) is 5.75 Å². The molecule has 0 radical (unpaired) electrons. The molecule has 2 aliphatic rings. The Balaban J connectivity index is 1.73. The predicted octanol–water partition coefficient (Wildman–Crippen LogP) is 4.27. The molecule has 0 atom stereocenters. The van der Waals surface area contributed by atoms with Crippen molar-refractivity contribution in [3.05, 3.63) is 24.3 Å². The fourth-order valence-corrected chi connectivity index (χ4v) is 3.59. The van der Waals surface area contributed by atoms with Gasteiger partial charge in [-0.3, -0.25) is 4.79 Å². The van der Waals surface area contributed by atoms with Gasteiger partial charge in [-0.25, -0.2) is 0 Å². The molecule has 1 aliphatic heterocycles. The van der Waals surface area contributed by atoms with Crippen LogP contribution < -0.4 is 9.64 Å². The first-order chi connectivity index (χ1) is 10.4. The van der Waals surface area contributed by atoms with Crippen molar-refractivity contribution in [2.75, 3.05) is 11.4 Å². The number of hydrogen-bond acceptors (Lipinski definition) is 2. The van der Waals surface area contributed by atoms with Gasteiger partial charge in [-0.15, -0.1) is 13.2 Å². The SMILES string of the molecule is O=C1N(c2ccc(OC(F)(F)F)cc2)CCC12CCCCC2. The van der Waals surface area contributed by atoms with Crippen molar-refractivity contribution in [3.63, 3.8) is 0 Å². The molecule has 0 unspecified atom stereocenters. The topological polar surface area (TPSA) is 29.5 Å². The fourth-order valence-electron chi connectivity index (χ4n) is 3.59. The normalized spacial score (nSPS) is 21.4. The first-order valence-corrected chi connectivity index (χ1v) is 7.57. The second kappa shape index (κ2) is 5.48. The van der Waals surface area contributed by atoms with Crippen LogP contribution in [0.2, 0.25) is 0 Å². The molecule has 22 heavy (non-hydrogen) atoms. The largest absolute Gasteiger partial charge is 0.573 e. The maximum atomic E-state index is 12.7. The number of nitrogens with zero attached hydrogens (tertiary/aromatic N) is 1. The van der Waals surface area contributed by atoms with E-state index in [2.05, 4.69) is 4.74 Å². The molecule has 0 N–H and O–H groups in total. The van der Waals surface area contributed by atoms with Crippen LogP contribution in [0.1, 0.15) is 38.5 Å². The average molecular weight is 313 g/mol. The summed E-state index contributed by atoms with van der Waals surface area (Å²) >= 11 is 0. The number of halogens is 3. The van der Waals surface area contributed by atoms with Gasteiger partial charge in [0.2, 0.25) is 5.91 Å². The summed E-state index contributed by atoms with van der Waals surface area (Å²) in [6.07, 6.45) is 1.34. The van der Waals surface area contributed by atoms with Crippen molar-refractivity contribution in [1.82, 2.24) is 0 Å². The monoisotopic (exact) mass is 313 g/mol. The van der Waals surface area contributed by atoms with Crippen LogP contribution in [0, 0.1) is 5.41 Å². The maximum absolute atomic E-state index is 12.7. The highest BCUT2D eigenvalue weighted by Gasteiger charge is 2.47. The Hall–Kier alpha value is -1.72. The number of alkyl halides is 3. The van der Waals surface area contributed by atoms with E-state index in [1.165, 1.54) is 30.7 Å². The second-order valence-electron chi connectivity index (χ2n) is 6.09. The Morgan fingerprint density at radius 2 is 1.64 bits per heavy atom. The van der Waals surface area contributed by atoms with Gasteiger partial charge in [-0.05, 0) is 43.5 Å². The van der Waals surface area contributed by atoms with Crippen LogP contribution in [0.15, 0.2) is 24.3 Å². The predicted molar refractivity (Wildman–Crippen MR) is 75.6 cm³/mol. The van der Waals surface area contributed by atoms with E-state index in [1.54, 1.807) is 4.90 Å². The molecule has 1 amide bonds. The van der Waals surface area contributed by atoms with E-state index in [0.29, 0.717) is 12.2 Å². The van der Waals surface area contributed by atoms with Crippen molar-refractivity contribution in [2.24, 2.45) is 5.41 Å². The highest BCUT2D eigenvalue weighted by molar-refractivity contribution is 5.99. The minimum Gasteiger partial charge on any atom is -0.406 e. The molecule has 120 valence electrons. The Bertz CT molecular complexity index is 548. The van der Waals surface area contributed by atoms with E-state index in [0.717, 1.165) is 32.1 Å². The zero-order valence-electron chi connectivity index (χ0n) is 12.2. The smallest absolute Gasteiger partial charge is 0.406 e. The second-order valence-corrected chi connectivity index (χ2v) is 6.09. The van der Waals surface area contributed by atoms with Crippen molar-refractivity contribution < 1.29 is 22.7 Å². The molecular formula is C16H18F3NO2. The third-order valence-corrected chi connectivity index (χ3v) is 4.71. The quantitative estimate of drug-likeness (QED) is 0.816. The fraction of sp³-hybridized carbons (Fsp3) is 0.562. The minimum atomic E-state index is -4.70. The molecule has 2 fully saturated rings. The van der Waals surface area contributed by atoms with E-state index in [1.807, 2.05) is 0 Å². The summed E-state index contributed by atoms with van der Waals surface area (Å²) in [6.45, 7) is 0.637. The molecule has 1 aromatic rings. The van der Waals surface area contributed by atoms with Crippen LogP contribution in [0.5, 0.6) is 5.75 Å². The molecule has 1 aromatic carbocycles. The van der Waals surface area contributed by atoms with Gasteiger partial charge in [0.15, 0.2) is 0 Å². The van der Waals surface area contributed by atoms with Gasteiger partial charge >= 0.3 is 6.36 Å². The number of benzene rings is 1. The standard InChI is InChI=1S/C16H18F3NO2/c17-16(18,19)22-13-6-4-12(5-7-13)20-11-10-15(14(20)21)8-2-1-3-9-15/h4-7H,1-3,8-11H2. The summed E-state index contributed by atoms with van der Waals surface area (Å²) < 4.78 is 40.3. The molecule has 6 heteroatoms. The lowest BCUT2D eigenvalue weighted by atomic mass is 9.73. The Labute approximate surface area is 127 Å². The number of amides is 1. The highest BCUT2D eigenvalue weighted by atomic mass is 19.4. The zero-order chi connectivity index (χ0) is 15.8. The molecular weight excluding hydrogens is 295 g/mol. The van der Waals surface area contributed by atoms with Crippen molar-refractivity contribution in [1.29, 1.82) is 0 Å². The number of anilines is 1. The summed E-state index contributed by atoms with van der Waals surface area (Å²) in [5, 5.41) is 0. The van der Waals surface area contributed by atoms with Crippen LogP contribution >= 0.6 is 0 Å². The maximum Gasteiger partial charge on any atom is 0.573 e. The van der Waals surface area contributed by atoms with Crippen LogP contribution in [-0.4, -0.2) is 18.8 Å². The molecule has 1 spiro atoms. The lowest BCUT2D eigenvalue weighted by Crippen LogP contribution is -2.36. The van der Waals surface area contributed by atoms with E-state index < -0.39 is 6.36 Å². The molecule has 1 saturated heterocycles. The molecule has 3 nitrogen and oxygen atoms in total. The number of carbonyl (C=O) groups excluding carboxylic acids is 1. The molecule has 3 rings (SSSR count). The number of carbonyl (C=O) groups is 1. The Morgan fingerprint density at radius 1 is 1.00 bits per heavy atom. The lowest BCUT2D eigenvalue weighted by molar-refractivity contribution is -0.274. The van der Waals surface area contributed by atoms with E-state index >= 15 is 0 Å². The number of ether oxygens (including phenoxy) is 1. The van der Waals surface area contributed by atoms with Crippen molar-refractivity contribution >= 4 is 11.6 Å². The third kappa shape index (κ3) is 2.91. The van der Waals surface area contributed by atoms with Gasteiger partial charge in [-0.1, -0.05) is 19.3 Å². The summed E-state index contributed by atoms with van der Waals surface area (Å²) in [7, 11) is 0. The van der Waals surface area contributed by atoms with Gasteiger partial charge < -0.3 is 9.64 Å². The van der Waals surface area contributed by atoms with Crippen molar-refractivity contribution in [3.8, 4) is 5.75 Å². The van der Waals surface area contributed by atoms with Crippen LogP contribution in [-0.2, 0) is 4.79 Å². The summed E-state index contributed by atoms with van der Waals surface area (Å²) in [5.41, 5.74) is 0.404. The van der Waals surface area contributed by atoms with E-state index in [9.17, 15) is 18.0 Å². The Morgan fingerprint density at radius 3 is 2.23 bits per heavy atom. The summed E-state index contributed by atoms with van der Waals surface area (Å²) in [6, 6.07) is 5.53.